The number of rotatable bonds is 86. The molecule has 0 aromatic rings. The van der Waals surface area contributed by atoms with Crippen molar-refractivity contribution in [3.8, 4) is 0 Å². The van der Waals surface area contributed by atoms with Gasteiger partial charge in [0.1, 0.15) is 19.3 Å². The average molecular weight is 1550 g/mol. The number of carbonyl (C=O) groups excluding carboxylic acids is 4. The molecule has 6 atom stereocenters. The largest absolute Gasteiger partial charge is 0.472 e. The highest BCUT2D eigenvalue weighted by molar-refractivity contribution is 7.47. The predicted molar refractivity (Wildman–Crippen MR) is 437 cm³/mol. The van der Waals surface area contributed by atoms with E-state index in [0.717, 1.165) is 102 Å². The molecule has 0 heterocycles. The Morgan fingerprint density at radius 3 is 0.717 bits per heavy atom. The van der Waals surface area contributed by atoms with Crippen LogP contribution in [0.15, 0.2) is 0 Å². The second kappa shape index (κ2) is 78.3. The Bertz CT molecular complexity index is 2030. The van der Waals surface area contributed by atoms with Crippen molar-refractivity contribution >= 4 is 39.5 Å². The quantitative estimate of drug-likeness (QED) is 0.0222. The van der Waals surface area contributed by atoms with Crippen LogP contribution in [0, 0.1) is 11.8 Å². The number of aliphatic hydroxyl groups excluding tert-OH is 1. The first kappa shape index (κ1) is 104. The van der Waals surface area contributed by atoms with Crippen molar-refractivity contribution in [1.29, 1.82) is 0 Å². The van der Waals surface area contributed by atoms with Gasteiger partial charge in [-0.25, -0.2) is 9.13 Å². The Labute approximate surface area is 651 Å². The maximum Gasteiger partial charge on any atom is 0.472 e. The van der Waals surface area contributed by atoms with Gasteiger partial charge in [0.15, 0.2) is 12.2 Å². The number of aliphatic hydroxyl groups is 1. The molecule has 0 fully saturated rings. The Morgan fingerprint density at radius 2 is 0.481 bits per heavy atom. The summed E-state index contributed by atoms with van der Waals surface area (Å²) in [4.78, 5) is 73.2. The van der Waals surface area contributed by atoms with Gasteiger partial charge in [-0.2, -0.15) is 0 Å². The first-order chi connectivity index (χ1) is 51.4. The summed E-state index contributed by atoms with van der Waals surface area (Å²) in [5.74, 6) is -0.547. The highest BCUT2D eigenvalue weighted by atomic mass is 31.2. The minimum Gasteiger partial charge on any atom is -0.462 e. The van der Waals surface area contributed by atoms with Crippen LogP contribution >= 0.6 is 15.6 Å². The molecule has 0 amide bonds. The first-order valence-corrected chi connectivity index (χ1v) is 48.0. The molecule has 0 bridgehead atoms. The van der Waals surface area contributed by atoms with E-state index < -0.39 is 97.5 Å². The van der Waals surface area contributed by atoms with Gasteiger partial charge >= 0.3 is 39.5 Å². The summed E-state index contributed by atoms with van der Waals surface area (Å²) < 4.78 is 68.9. The van der Waals surface area contributed by atoms with Gasteiger partial charge in [-0.15, -0.1) is 0 Å². The molecule has 0 aromatic heterocycles. The molecule has 0 spiro atoms. The third-order valence-corrected chi connectivity index (χ3v) is 22.7. The molecule has 0 saturated carbocycles. The van der Waals surface area contributed by atoms with Gasteiger partial charge in [-0.3, -0.25) is 37.3 Å². The van der Waals surface area contributed by atoms with Gasteiger partial charge in [0, 0.05) is 25.7 Å². The van der Waals surface area contributed by atoms with Gasteiger partial charge in [-0.1, -0.05) is 414 Å². The lowest BCUT2D eigenvalue weighted by molar-refractivity contribution is -0.161. The zero-order valence-corrected chi connectivity index (χ0v) is 71.5. The summed E-state index contributed by atoms with van der Waals surface area (Å²) >= 11 is 0. The van der Waals surface area contributed by atoms with Crippen LogP contribution < -0.4 is 0 Å². The van der Waals surface area contributed by atoms with Crippen LogP contribution in [0.2, 0.25) is 0 Å². The smallest absolute Gasteiger partial charge is 0.462 e. The molecule has 0 radical (unpaired) electrons. The lowest BCUT2D eigenvalue weighted by atomic mass is 9.99. The van der Waals surface area contributed by atoms with Crippen LogP contribution in [0.5, 0.6) is 0 Å². The molecule has 630 valence electrons. The van der Waals surface area contributed by atoms with E-state index in [2.05, 4.69) is 41.5 Å². The number of unbranched alkanes of at least 4 members (excludes halogenated alkanes) is 55. The molecule has 0 aliphatic carbocycles. The van der Waals surface area contributed by atoms with Crippen LogP contribution in [0.3, 0.4) is 0 Å². The van der Waals surface area contributed by atoms with Crippen LogP contribution in [-0.4, -0.2) is 96.7 Å². The monoisotopic (exact) mass is 1550 g/mol. The van der Waals surface area contributed by atoms with Crippen molar-refractivity contribution in [2.75, 3.05) is 39.6 Å². The molecule has 0 saturated heterocycles. The van der Waals surface area contributed by atoms with Crippen molar-refractivity contribution in [3.63, 3.8) is 0 Å². The van der Waals surface area contributed by atoms with Crippen molar-refractivity contribution < 1.29 is 80.2 Å². The van der Waals surface area contributed by atoms with Gasteiger partial charge in [0.2, 0.25) is 0 Å². The maximum atomic E-state index is 13.2. The van der Waals surface area contributed by atoms with E-state index in [4.69, 9.17) is 37.0 Å². The molecule has 17 nitrogen and oxygen atoms in total. The van der Waals surface area contributed by atoms with E-state index >= 15 is 0 Å². The first-order valence-electron chi connectivity index (χ1n) is 45.0. The molecule has 0 rings (SSSR count). The average Bonchev–Trinajstić information content (AvgIpc) is 0.898. The van der Waals surface area contributed by atoms with Gasteiger partial charge in [0.05, 0.1) is 26.4 Å². The van der Waals surface area contributed by atoms with Crippen LogP contribution in [-0.2, 0) is 65.4 Å². The number of phosphoric ester groups is 2. The SMILES string of the molecule is CCCCCCCCCCCCCCCCCCCCCCC(=O)O[C@H](COC(=O)CCCCCCCCCCCCCCCCC(C)CC)COP(=O)(O)OC[C@@H](O)COP(=O)(O)OC[C@@H](COC(=O)CCCCCCCCCC(C)C)OC(=O)CCCCCCCCCCCCCCCCCCCC. The summed E-state index contributed by atoms with van der Waals surface area (Å²) in [6.45, 7) is 9.68. The number of esters is 4. The molecule has 0 aliphatic heterocycles. The number of hydrogen-bond acceptors (Lipinski definition) is 15. The fourth-order valence-corrected chi connectivity index (χ4v) is 15.1. The number of carbonyl (C=O) groups is 4. The third kappa shape index (κ3) is 78.7. The van der Waals surface area contributed by atoms with Crippen molar-refractivity contribution in [2.24, 2.45) is 11.8 Å². The number of phosphoric acid groups is 2. The highest BCUT2D eigenvalue weighted by Crippen LogP contribution is 2.45. The van der Waals surface area contributed by atoms with Crippen molar-refractivity contribution in [3.05, 3.63) is 0 Å². The molecule has 106 heavy (non-hydrogen) atoms. The summed E-state index contributed by atoms with van der Waals surface area (Å²) in [6.07, 6.45) is 70.9. The van der Waals surface area contributed by atoms with Gasteiger partial charge < -0.3 is 33.8 Å². The normalized spacial score (nSPS) is 14.1. The predicted octanol–water partition coefficient (Wildman–Crippen LogP) is 26.6. The Balaban J connectivity index is 5.23. The highest BCUT2D eigenvalue weighted by Gasteiger charge is 2.30. The molecule has 0 aromatic carbocycles. The Kier molecular flexibility index (Phi) is 76.9. The van der Waals surface area contributed by atoms with Crippen LogP contribution in [0.25, 0.3) is 0 Å². The third-order valence-electron chi connectivity index (χ3n) is 20.8. The molecular formula is C87H170O17P2. The maximum absolute atomic E-state index is 13.2. The van der Waals surface area contributed by atoms with Gasteiger partial charge in [0.25, 0.3) is 0 Å². The molecule has 19 heteroatoms. The minimum absolute atomic E-state index is 0.108. The minimum atomic E-state index is -4.97. The van der Waals surface area contributed by atoms with E-state index in [0.29, 0.717) is 31.6 Å². The Hall–Kier alpha value is -1.94. The Morgan fingerprint density at radius 1 is 0.274 bits per heavy atom. The van der Waals surface area contributed by atoms with E-state index in [-0.39, 0.29) is 25.7 Å². The second-order valence-electron chi connectivity index (χ2n) is 32.0. The fourth-order valence-electron chi connectivity index (χ4n) is 13.6. The van der Waals surface area contributed by atoms with E-state index in [1.807, 2.05) is 0 Å². The van der Waals surface area contributed by atoms with E-state index in [9.17, 15) is 43.2 Å². The molecule has 0 aliphatic rings. The number of ether oxygens (including phenoxy) is 4. The van der Waals surface area contributed by atoms with Crippen molar-refractivity contribution in [1.82, 2.24) is 0 Å². The van der Waals surface area contributed by atoms with Gasteiger partial charge in [-0.05, 0) is 37.5 Å². The standard InChI is InChI=1S/C87H170O17P2/c1-7-10-12-14-16-18-20-22-24-26-28-29-31-33-39-43-47-53-60-65-71-86(91)103-82(75-97-84(89)69-63-57-51-45-41-37-35-34-36-40-44-50-56-62-68-80(6)9-3)77-101-105(93,94)99-73-81(88)74-100-106(95,96)102-78-83(76-98-85(90)70-64-58-54-48-49-55-61-67-79(4)5)104-87(92)72-66-59-52-46-42-38-32-30-27-25-23-21-19-17-15-13-11-8-2/h79-83,88H,7-78H2,1-6H3,(H,93,94)(H,95,96)/t80?,81-,82-,83-/m1/s1. The summed E-state index contributed by atoms with van der Waals surface area (Å²) in [5, 5.41) is 10.7. The number of hydrogen-bond donors (Lipinski definition) is 3. The molecule has 3 unspecified atom stereocenters. The second-order valence-corrected chi connectivity index (χ2v) is 34.9. The van der Waals surface area contributed by atoms with E-state index in [1.54, 1.807) is 0 Å². The topological polar surface area (TPSA) is 237 Å². The lowest BCUT2D eigenvalue weighted by Crippen LogP contribution is -2.30. The zero-order valence-electron chi connectivity index (χ0n) is 69.7. The fraction of sp³-hybridized carbons (Fsp3) is 0.954. The van der Waals surface area contributed by atoms with Crippen LogP contribution in [0.4, 0.5) is 0 Å². The summed E-state index contributed by atoms with van der Waals surface area (Å²) in [7, 11) is -9.93. The van der Waals surface area contributed by atoms with E-state index in [1.165, 1.54) is 276 Å². The van der Waals surface area contributed by atoms with Crippen molar-refractivity contribution in [2.45, 2.75) is 484 Å². The summed E-state index contributed by atoms with van der Waals surface area (Å²) in [6, 6.07) is 0. The molecular weight excluding hydrogens is 1380 g/mol. The lowest BCUT2D eigenvalue weighted by Gasteiger charge is -2.21. The molecule has 3 N–H and O–H groups in total. The van der Waals surface area contributed by atoms with Crippen LogP contribution in [0.1, 0.15) is 465 Å². The zero-order chi connectivity index (χ0) is 77.8. The summed E-state index contributed by atoms with van der Waals surface area (Å²) in [5.41, 5.74) is 0.